The van der Waals surface area contributed by atoms with Gasteiger partial charge in [-0.1, -0.05) is 37.0 Å². The van der Waals surface area contributed by atoms with E-state index in [0.29, 0.717) is 11.4 Å². The van der Waals surface area contributed by atoms with Crippen LogP contribution in [0.4, 0.5) is 0 Å². The topological polar surface area (TPSA) is 114 Å². The summed E-state index contributed by atoms with van der Waals surface area (Å²) in [5.41, 5.74) is 0.132. The fourth-order valence-electron chi connectivity index (χ4n) is 4.12. The van der Waals surface area contributed by atoms with Crippen molar-refractivity contribution in [2.75, 3.05) is 6.54 Å². The molecule has 4 atom stereocenters. The lowest BCUT2D eigenvalue weighted by atomic mass is 9.65. The van der Waals surface area contributed by atoms with E-state index >= 15 is 0 Å². The molecule has 2 heterocycles. The van der Waals surface area contributed by atoms with E-state index in [9.17, 15) is 19.2 Å². The highest BCUT2D eigenvalue weighted by Gasteiger charge is 2.72. The van der Waals surface area contributed by atoms with Gasteiger partial charge in [-0.2, -0.15) is 0 Å². The maximum atomic E-state index is 12.7. The molecule has 2 fully saturated rings. The molecule has 9 nitrogen and oxygen atoms in total. The molecule has 3 rings (SSSR count). The van der Waals surface area contributed by atoms with Crippen LogP contribution in [-0.4, -0.2) is 55.2 Å². The SMILES string of the molecule is CC(C)C[C@H](NC(=O)CNC(=O)c1cc(Cl)ccc1Cl)[B-]12OC(=O)[C@@H](C)[O+]1[C@@H](C)C(=O)O2. The summed E-state index contributed by atoms with van der Waals surface area (Å²) in [5.74, 6) is -2.98. The summed E-state index contributed by atoms with van der Waals surface area (Å²) in [6.45, 7) is 4.01. The second kappa shape index (κ2) is 9.29. The summed E-state index contributed by atoms with van der Waals surface area (Å²) in [6.07, 6.45) is -1.18. The maximum Gasteiger partial charge on any atom is 0.706 e. The van der Waals surface area contributed by atoms with Crippen molar-refractivity contribution in [1.82, 2.24) is 10.6 Å². The summed E-state index contributed by atoms with van der Waals surface area (Å²) in [7, 11) is 0. The first-order valence-corrected chi connectivity index (χ1v) is 11.1. The largest absolute Gasteiger partial charge is 0.706 e. The lowest BCUT2D eigenvalue weighted by Gasteiger charge is -2.38. The predicted octanol–water partition coefficient (Wildman–Crippen LogP) is 2.18. The van der Waals surface area contributed by atoms with Crippen molar-refractivity contribution in [3.8, 4) is 0 Å². The van der Waals surface area contributed by atoms with Crippen LogP contribution in [0.15, 0.2) is 18.2 Å². The molecule has 1 unspecified atom stereocenters. The molecule has 2 N–H and O–H groups in total. The first-order valence-electron chi connectivity index (χ1n) is 10.3. The van der Waals surface area contributed by atoms with Crippen molar-refractivity contribution in [2.24, 2.45) is 5.92 Å². The molecular weight excluding hydrogens is 462 g/mol. The summed E-state index contributed by atoms with van der Waals surface area (Å²) in [6, 6.07) is 4.42. The molecule has 0 spiro atoms. The van der Waals surface area contributed by atoms with Gasteiger partial charge in [0.1, 0.15) is 0 Å². The van der Waals surface area contributed by atoms with Crippen LogP contribution in [0.3, 0.4) is 0 Å². The zero-order valence-electron chi connectivity index (χ0n) is 18.1. The number of carbonyl (C=O) groups excluding carboxylic acids is 4. The number of benzene rings is 1. The minimum Gasteiger partial charge on any atom is -0.577 e. The molecule has 32 heavy (non-hydrogen) atoms. The minimum atomic E-state index is -2.65. The number of nitrogens with one attached hydrogen (secondary N) is 2. The maximum absolute atomic E-state index is 12.7. The van der Waals surface area contributed by atoms with Crippen LogP contribution in [0.2, 0.25) is 10.0 Å². The van der Waals surface area contributed by atoms with Gasteiger partial charge >= 0.3 is 18.7 Å². The van der Waals surface area contributed by atoms with E-state index in [1.165, 1.54) is 12.1 Å². The van der Waals surface area contributed by atoms with E-state index in [2.05, 4.69) is 14.9 Å². The van der Waals surface area contributed by atoms with E-state index in [0.717, 1.165) is 0 Å². The molecule has 0 aliphatic carbocycles. The fraction of sp³-hybridized carbons (Fsp3) is 0.500. The van der Waals surface area contributed by atoms with Gasteiger partial charge in [-0.15, -0.1) is 0 Å². The zero-order valence-corrected chi connectivity index (χ0v) is 19.7. The summed E-state index contributed by atoms with van der Waals surface area (Å²) in [4.78, 5) is 49.7. The Bertz CT molecular complexity index is 934. The van der Waals surface area contributed by atoms with Crippen LogP contribution in [0, 0.1) is 5.92 Å². The number of amides is 2. The quantitative estimate of drug-likeness (QED) is 0.451. The van der Waals surface area contributed by atoms with Crippen molar-refractivity contribution >= 4 is 53.7 Å². The third-order valence-electron chi connectivity index (χ3n) is 5.57. The molecule has 2 amide bonds. The fourth-order valence-corrected chi connectivity index (χ4v) is 4.50. The summed E-state index contributed by atoms with van der Waals surface area (Å²) < 4.78 is 13.7. The third kappa shape index (κ3) is 4.58. The summed E-state index contributed by atoms with van der Waals surface area (Å²) >= 11 is 11.9. The lowest BCUT2D eigenvalue weighted by Crippen LogP contribution is -2.63. The van der Waals surface area contributed by atoms with Gasteiger partial charge in [-0.3, -0.25) is 9.59 Å². The van der Waals surface area contributed by atoms with E-state index in [1.807, 2.05) is 13.8 Å². The van der Waals surface area contributed by atoms with Crippen molar-refractivity contribution in [3.63, 3.8) is 0 Å². The van der Waals surface area contributed by atoms with Crippen LogP contribution < -0.4 is 10.6 Å². The molecule has 0 saturated carbocycles. The van der Waals surface area contributed by atoms with Crippen LogP contribution in [0.5, 0.6) is 0 Å². The molecular formula is C20H25BCl2N2O7. The predicted molar refractivity (Wildman–Crippen MR) is 118 cm³/mol. The molecule has 174 valence electrons. The van der Waals surface area contributed by atoms with Crippen molar-refractivity contribution in [3.05, 3.63) is 33.8 Å². The van der Waals surface area contributed by atoms with E-state index in [1.54, 1.807) is 19.9 Å². The van der Waals surface area contributed by atoms with Crippen LogP contribution in [-0.2, 0) is 28.0 Å². The minimum absolute atomic E-state index is 0.0723. The van der Waals surface area contributed by atoms with E-state index in [4.69, 9.17) is 32.5 Å². The first kappa shape index (κ1) is 24.3. The molecule has 1 aromatic rings. The number of halogens is 2. The third-order valence-corrected chi connectivity index (χ3v) is 6.13. The van der Waals surface area contributed by atoms with Crippen LogP contribution in [0.1, 0.15) is 44.5 Å². The van der Waals surface area contributed by atoms with E-state index in [-0.39, 0.29) is 23.0 Å². The highest BCUT2D eigenvalue weighted by molar-refractivity contribution is 6.70. The van der Waals surface area contributed by atoms with Gasteiger partial charge < -0.3 is 24.2 Å². The average molecular weight is 487 g/mol. The highest BCUT2D eigenvalue weighted by atomic mass is 35.5. The Morgan fingerprint density at radius 1 is 1.12 bits per heavy atom. The van der Waals surface area contributed by atoms with E-state index < -0.39 is 48.7 Å². The van der Waals surface area contributed by atoms with Gasteiger partial charge in [-0.25, -0.2) is 9.59 Å². The average Bonchev–Trinajstić information content (AvgIpc) is 3.11. The van der Waals surface area contributed by atoms with Gasteiger partial charge in [0.2, 0.25) is 18.1 Å². The molecule has 2 aliphatic heterocycles. The van der Waals surface area contributed by atoms with Gasteiger partial charge in [-0.05, 0) is 30.5 Å². The lowest BCUT2D eigenvalue weighted by molar-refractivity contribution is -0.154. The Morgan fingerprint density at radius 2 is 1.72 bits per heavy atom. The summed E-state index contributed by atoms with van der Waals surface area (Å²) in [5, 5.41) is 5.77. The number of fused-ring (bicyclic) bond motifs is 1. The molecule has 0 aromatic heterocycles. The van der Waals surface area contributed by atoms with Crippen molar-refractivity contribution in [1.29, 1.82) is 0 Å². The number of hydrogen-bond donors (Lipinski definition) is 2. The van der Waals surface area contributed by atoms with Gasteiger partial charge in [0.15, 0.2) is 0 Å². The van der Waals surface area contributed by atoms with Gasteiger partial charge in [0.25, 0.3) is 5.91 Å². The van der Waals surface area contributed by atoms with Crippen LogP contribution >= 0.6 is 23.2 Å². The monoisotopic (exact) mass is 486 g/mol. The zero-order chi connectivity index (χ0) is 23.8. The number of hydrogen-bond acceptors (Lipinski definition) is 6. The Kier molecular flexibility index (Phi) is 7.07. The molecule has 2 aliphatic rings. The molecule has 2 saturated heterocycles. The van der Waals surface area contributed by atoms with Gasteiger partial charge in [0.05, 0.1) is 23.1 Å². The molecule has 0 radical (unpaired) electrons. The Morgan fingerprint density at radius 3 is 2.28 bits per heavy atom. The standard InChI is InChI=1S/C20H25BCl2N2O7/c1-10(2)7-16(21-30-19(28)11(3)32(21)12(4)20(29)31-21)25-17(26)9-24-18(27)14-8-13(22)5-6-15(14)23/h5-6,8,10-12,16H,7,9H2,1-4H3,(H,24,27)(H,25,26)/t11-,12+,16-,21?/m0/s1. The number of rotatable bonds is 7. The van der Waals surface area contributed by atoms with Crippen LogP contribution in [0.25, 0.3) is 0 Å². The normalized spacial score (nSPS) is 25.8. The Balaban J connectivity index is 1.75. The molecule has 12 heteroatoms. The van der Waals surface area contributed by atoms with Gasteiger partial charge in [0, 0.05) is 18.9 Å². The highest BCUT2D eigenvalue weighted by Crippen LogP contribution is 2.42. The Labute approximate surface area is 195 Å². The first-order chi connectivity index (χ1) is 15.0. The molecule has 0 bridgehead atoms. The Hall–Kier alpha value is -2.30. The van der Waals surface area contributed by atoms with Crippen molar-refractivity contribution < 1.29 is 32.8 Å². The number of carbonyl (C=O) groups is 4. The second-order valence-electron chi connectivity index (χ2n) is 8.37. The second-order valence-corrected chi connectivity index (χ2v) is 9.22. The molecule has 1 aromatic carbocycles. The smallest absolute Gasteiger partial charge is 0.577 e. The van der Waals surface area contributed by atoms with Crippen molar-refractivity contribution in [2.45, 2.75) is 52.3 Å².